The van der Waals surface area contributed by atoms with Gasteiger partial charge >= 0.3 is 5.97 Å². The van der Waals surface area contributed by atoms with Crippen molar-refractivity contribution in [1.29, 1.82) is 0 Å². The van der Waals surface area contributed by atoms with Crippen molar-refractivity contribution in [2.24, 2.45) is 0 Å². The zero-order valence-electron chi connectivity index (χ0n) is 14.7. The van der Waals surface area contributed by atoms with Crippen LogP contribution in [0, 0.1) is 0 Å². The number of carbonyl (C=O) groups is 2. The summed E-state index contributed by atoms with van der Waals surface area (Å²) in [5, 5.41) is 0.846. The van der Waals surface area contributed by atoms with E-state index in [0.29, 0.717) is 5.56 Å². The monoisotopic (exact) mass is 347 g/mol. The molecule has 0 saturated heterocycles. The smallest absolute Gasteiger partial charge is 0.310 e. The number of ether oxygens (including phenoxy) is 1. The third kappa shape index (κ3) is 3.15. The zero-order valence-corrected chi connectivity index (χ0v) is 14.7. The van der Waals surface area contributed by atoms with E-state index >= 15 is 0 Å². The summed E-state index contributed by atoms with van der Waals surface area (Å²) in [4.78, 5) is 28.0. The molecular formula is C22H21NO3. The first-order chi connectivity index (χ1) is 12.6. The van der Waals surface area contributed by atoms with Crippen LogP contribution in [-0.4, -0.2) is 22.8 Å². The molecule has 0 aliphatic heterocycles. The number of carbonyl (C=O) groups excluding carboxylic acids is 2. The molecule has 0 unspecified atom stereocenters. The number of hydrogen-bond acceptors (Lipinski definition) is 3. The Kier molecular flexibility index (Phi) is 4.33. The number of rotatable bonds is 5. The first kappa shape index (κ1) is 16.6. The van der Waals surface area contributed by atoms with E-state index in [-0.39, 0.29) is 18.2 Å². The molecule has 0 amide bonds. The third-order valence-corrected chi connectivity index (χ3v) is 5.04. The minimum absolute atomic E-state index is 0.190. The maximum absolute atomic E-state index is 12.7. The van der Waals surface area contributed by atoms with Gasteiger partial charge in [-0.05, 0) is 48.9 Å². The Morgan fingerprint density at radius 2 is 1.92 bits per heavy atom. The summed E-state index contributed by atoms with van der Waals surface area (Å²) in [7, 11) is 0. The number of nitrogens with one attached hydrogen (secondary N) is 1. The van der Waals surface area contributed by atoms with Gasteiger partial charge in [0, 0.05) is 22.7 Å². The molecule has 0 spiro atoms. The Bertz CT molecular complexity index is 986. The minimum atomic E-state index is -0.809. The molecule has 132 valence electrons. The number of Topliss-reactive ketones (excluding diaryl/α,β-unsaturated/α-hetero) is 1. The maximum Gasteiger partial charge on any atom is 0.310 e. The van der Waals surface area contributed by atoms with Crippen LogP contribution in [0.2, 0.25) is 0 Å². The molecule has 1 aromatic heterocycles. The summed E-state index contributed by atoms with van der Waals surface area (Å²) in [6, 6.07) is 13.8. The van der Waals surface area contributed by atoms with Crippen LogP contribution >= 0.6 is 0 Å². The molecule has 4 heteroatoms. The fourth-order valence-electron chi connectivity index (χ4n) is 3.69. The van der Waals surface area contributed by atoms with Gasteiger partial charge in [-0.25, -0.2) is 0 Å². The molecule has 2 aromatic carbocycles. The highest BCUT2D eigenvalue weighted by Crippen LogP contribution is 2.23. The number of para-hydroxylation sites is 1. The number of aromatic nitrogens is 1. The van der Waals surface area contributed by atoms with Gasteiger partial charge in [-0.3, -0.25) is 9.59 Å². The third-order valence-electron chi connectivity index (χ3n) is 5.04. The highest BCUT2D eigenvalue weighted by molar-refractivity contribution is 6.10. The van der Waals surface area contributed by atoms with Crippen LogP contribution in [0.15, 0.2) is 48.7 Å². The molecule has 1 heterocycles. The standard InChI is InChI=1S/C22H21NO3/c1-14(22(25)19-13-23-20-8-3-2-7-18(19)20)26-21(24)12-15-9-10-16-5-4-6-17(16)11-15/h2-3,7-11,13-14,23H,4-6,12H2,1H3/t14-/m0/s1. The molecule has 3 aromatic rings. The predicted octanol–water partition coefficient (Wildman–Crippen LogP) is 4.01. The number of fused-ring (bicyclic) bond motifs is 2. The molecular weight excluding hydrogens is 326 g/mol. The second-order valence-electron chi connectivity index (χ2n) is 6.88. The van der Waals surface area contributed by atoms with Crippen molar-refractivity contribution in [3.63, 3.8) is 0 Å². The van der Waals surface area contributed by atoms with E-state index in [1.807, 2.05) is 30.3 Å². The van der Waals surface area contributed by atoms with Crippen LogP contribution in [0.3, 0.4) is 0 Å². The molecule has 0 fully saturated rings. The van der Waals surface area contributed by atoms with Crippen molar-refractivity contribution in [2.75, 3.05) is 0 Å². The molecule has 4 rings (SSSR count). The second-order valence-corrected chi connectivity index (χ2v) is 6.88. The van der Waals surface area contributed by atoms with Gasteiger partial charge in [0.25, 0.3) is 0 Å². The van der Waals surface area contributed by atoms with Gasteiger partial charge in [0.05, 0.1) is 6.42 Å². The van der Waals surface area contributed by atoms with Gasteiger partial charge in [0.15, 0.2) is 6.10 Å². The Morgan fingerprint density at radius 1 is 1.12 bits per heavy atom. The van der Waals surface area contributed by atoms with Crippen LogP contribution in [0.25, 0.3) is 10.9 Å². The van der Waals surface area contributed by atoms with Gasteiger partial charge in [0.1, 0.15) is 0 Å². The lowest BCUT2D eigenvalue weighted by Gasteiger charge is -2.12. The van der Waals surface area contributed by atoms with E-state index in [2.05, 4.69) is 17.1 Å². The quantitative estimate of drug-likeness (QED) is 0.560. The molecule has 1 atom stereocenters. The topological polar surface area (TPSA) is 59.2 Å². The van der Waals surface area contributed by atoms with Gasteiger partial charge < -0.3 is 9.72 Å². The fourth-order valence-corrected chi connectivity index (χ4v) is 3.69. The normalized spacial score (nSPS) is 14.2. The van der Waals surface area contributed by atoms with E-state index in [4.69, 9.17) is 4.74 Å². The molecule has 1 aliphatic carbocycles. The first-order valence-corrected chi connectivity index (χ1v) is 9.02. The van der Waals surface area contributed by atoms with Crippen LogP contribution in [-0.2, 0) is 28.8 Å². The minimum Gasteiger partial charge on any atom is -0.454 e. The van der Waals surface area contributed by atoms with Crippen molar-refractivity contribution in [3.8, 4) is 0 Å². The summed E-state index contributed by atoms with van der Waals surface area (Å²) in [5.74, 6) is -0.562. The fraction of sp³-hybridized carbons (Fsp3) is 0.273. The van der Waals surface area contributed by atoms with Crippen molar-refractivity contribution >= 4 is 22.7 Å². The number of aromatic amines is 1. The summed E-state index contributed by atoms with van der Waals surface area (Å²) in [5.41, 5.74) is 5.11. The van der Waals surface area contributed by atoms with E-state index in [1.54, 1.807) is 13.1 Å². The maximum atomic E-state index is 12.7. The summed E-state index contributed by atoms with van der Waals surface area (Å²) >= 11 is 0. The van der Waals surface area contributed by atoms with Crippen molar-refractivity contribution in [2.45, 2.75) is 38.7 Å². The Morgan fingerprint density at radius 3 is 2.81 bits per heavy atom. The number of benzene rings is 2. The first-order valence-electron chi connectivity index (χ1n) is 9.02. The summed E-state index contributed by atoms with van der Waals surface area (Å²) < 4.78 is 5.41. The zero-order chi connectivity index (χ0) is 18.1. The SMILES string of the molecule is C[C@H](OC(=O)Cc1ccc2c(c1)CCC2)C(=O)c1c[nH]c2ccccc12. The second kappa shape index (κ2) is 6.79. The van der Waals surface area contributed by atoms with Gasteiger partial charge in [-0.15, -0.1) is 0 Å². The van der Waals surface area contributed by atoms with Crippen molar-refractivity contribution in [3.05, 3.63) is 70.9 Å². The number of aryl methyl sites for hydroxylation is 2. The van der Waals surface area contributed by atoms with Crippen LogP contribution in [0.4, 0.5) is 0 Å². The number of hydrogen-bond donors (Lipinski definition) is 1. The molecule has 26 heavy (non-hydrogen) atoms. The molecule has 0 radical (unpaired) electrons. The Hall–Kier alpha value is -2.88. The molecule has 0 bridgehead atoms. The average Bonchev–Trinajstić information content (AvgIpc) is 3.27. The lowest BCUT2D eigenvalue weighted by molar-refractivity contribution is -0.145. The van der Waals surface area contributed by atoms with Crippen LogP contribution in [0.1, 0.15) is 40.4 Å². The Balaban J connectivity index is 1.43. The average molecular weight is 347 g/mol. The van der Waals surface area contributed by atoms with E-state index in [0.717, 1.165) is 29.3 Å². The lowest BCUT2D eigenvalue weighted by atomic mass is 10.0. The number of esters is 1. The number of H-pyrrole nitrogens is 1. The van der Waals surface area contributed by atoms with E-state index < -0.39 is 6.10 Å². The highest BCUT2D eigenvalue weighted by Gasteiger charge is 2.22. The highest BCUT2D eigenvalue weighted by atomic mass is 16.5. The lowest BCUT2D eigenvalue weighted by Crippen LogP contribution is -2.25. The molecule has 1 N–H and O–H groups in total. The summed E-state index contributed by atoms with van der Waals surface area (Å²) in [6.07, 6.45) is 4.44. The molecule has 0 saturated carbocycles. The number of ketones is 1. The van der Waals surface area contributed by atoms with Gasteiger partial charge in [-0.1, -0.05) is 36.4 Å². The van der Waals surface area contributed by atoms with Gasteiger partial charge in [0.2, 0.25) is 5.78 Å². The predicted molar refractivity (Wildman–Crippen MR) is 100 cm³/mol. The molecule has 4 nitrogen and oxygen atoms in total. The Labute approximate surface area is 152 Å². The van der Waals surface area contributed by atoms with Crippen molar-refractivity contribution < 1.29 is 14.3 Å². The van der Waals surface area contributed by atoms with E-state index in [1.165, 1.54) is 17.5 Å². The van der Waals surface area contributed by atoms with E-state index in [9.17, 15) is 9.59 Å². The largest absolute Gasteiger partial charge is 0.454 e. The van der Waals surface area contributed by atoms with Crippen LogP contribution in [0.5, 0.6) is 0 Å². The van der Waals surface area contributed by atoms with Crippen molar-refractivity contribution in [1.82, 2.24) is 4.98 Å². The molecule has 1 aliphatic rings. The van der Waals surface area contributed by atoms with Crippen LogP contribution < -0.4 is 0 Å². The van der Waals surface area contributed by atoms with Gasteiger partial charge in [-0.2, -0.15) is 0 Å². The summed E-state index contributed by atoms with van der Waals surface area (Å²) in [6.45, 7) is 1.63.